The number of hydrogen-bond acceptors (Lipinski definition) is 3. The van der Waals surface area contributed by atoms with E-state index in [2.05, 4.69) is 0 Å². The van der Waals surface area contributed by atoms with Crippen molar-refractivity contribution in [2.45, 2.75) is 6.92 Å². The van der Waals surface area contributed by atoms with Crippen LogP contribution in [0.2, 0.25) is 0 Å². The van der Waals surface area contributed by atoms with Crippen molar-refractivity contribution >= 4 is 16.9 Å². The fourth-order valence-electron chi connectivity index (χ4n) is 1.44. The SMILES string of the molecule is Cc1ccc(OCC(=O)O)c2ccoc12. The van der Waals surface area contributed by atoms with Gasteiger partial charge in [0.25, 0.3) is 0 Å². The van der Waals surface area contributed by atoms with Crippen molar-refractivity contribution in [3.63, 3.8) is 0 Å². The molecule has 78 valence electrons. The predicted octanol–water partition coefficient (Wildman–Crippen LogP) is 2.20. The van der Waals surface area contributed by atoms with E-state index in [0.29, 0.717) is 5.75 Å². The maximum atomic E-state index is 10.4. The molecule has 15 heavy (non-hydrogen) atoms. The van der Waals surface area contributed by atoms with E-state index < -0.39 is 5.97 Å². The Labute approximate surface area is 86.1 Å². The summed E-state index contributed by atoms with van der Waals surface area (Å²) in [5, 5.41) is 9.31. The Morgan fingerprint density at radius 2 is 2.27 bits per heavy atom. The van der Waals surface area contributed by atoms with Gasteiger partial charge in [0.15, 0.2) is 6.61 Å². The summed E-state index contributed by atoms with van der Waals surface area (Å²) in [6, 6.07) is 5.35. The van der Waals surface area contributed by atoms with Crippen LogP contribution in [0.1, 0.15) is 5.56 Å². The van der Waals surface area contributed by atoms with Crippen LogP contribution < -0.4 is 4.74 Å². The predicted molar refractivity (Wildman–Crippen MR) is 54.1 cm³/mol. The molecule has 2 rings (SSSR count). The zero-order valence-corrected chi connectivity index (χ0v) is 8.19. The van der Waals surface area contributed by atoms with Crippen molar-refractivity contribution < 1.29 is 19.1 Å². The molecule has 1 heterocycles. The monoisotopic (exact) mass is 206 g/mol. The number of ether oxygens (including phenoxy) is 1. The summed E-state index contributed by atoms with van der Waals surface area (Å²) in [7, 11) is 0. The normalized spacial score (nSPS) is 10.5. The van der Waals surface area contributed by atoms with Gasteiger partial charge in [-0.2, -0.15) is 0 Å². The smallest absolute Gasteiger partial charge is 0.341 e. The molecule has 0 fully saturated rings. The number of hydrogen-bond donors (Lipinski definition) is 1. The van der Waals surface area contributed by atoms with Gasteiger partial charge in [-0.25, -0.2) is 4.79 Å². The Hall–Kier alpha value is -1.97. The second kappa shape index (κ2) is 3.65. The minimum absolute atomic E-state index is 0.344. The van der Waals surface area contributed by atoms with Crippen molar-refractivity contribution in [3.8, 4) is 5.75 Å². The Bertz CT molecular complexity index is 498. The quantitative estimate of drug-likeness (QED) is 0.836. The van der Waals surface area contributed by atoms with Gasteiger partial charge in [0, 0.05) is 0 Å². The summed E-state index contributed by atoms with van der Waals surface area (Å²) in [5.74, 6) is -0.459. The first-order valence-electron chi connectivity index (χ1n) is 4.50. The van der Waals surface area contributed by atoms with E-state index in [4.69, 9.17) is 14.3 Å². The second-order valence-corrected chi connectivity index (χ2v) is 3.23. The highest BCUT2D eigenvalue weighted by atomic mass is 16.5. The van der Waals surface area contributed by atoms with E-state index in [1.54, 1.807) is 18.4 Å². The molecule has 1 aromatic carbocycles. The first-order chi connectivity index (χ1) is 7.18. The van der Waals surface area contributed by atoms with Gasteiger partial charge in [-0.3, -0.25) is 0 Å². The van der Waals surface area contributed by atoms with Crippen LogP contribution in [0.3, 0.4) is 0 Å². The number of carboxylic acid groups (broad SMARTS) is 1. The Balaban J connectivity index is 2.39. The average molecular weight is 206 g/mol. The van der Waals surface area contributed by atoms with Gasteiger partial charge in [0.05, 0.1) is 11.6 Å². The molecule has 1 N–H and O–H groups in total. The molecule has 0 aliphatic carbocycles. The molecule has 0 amide bonds. The highest BCUT2D eigenvalue weighted by Gasteiger charge is 2.08. The molecule has 0 bridgehead atoms. The third-order valence-electron chi connectivity index (χ3n) is 2.12. The third kappa shape index (κ3) is 1.79. The molecule has 4 heteroatoms. The van der Waals surface area contributed by atoms with Gasteiger partial charge in [-0.15, -0.1) is 0 Å². The zero-order chi connectivity index (χ0) is 10.8. The molecule has 0 saturated heterocycles. The van der Waals surface area contributed by atoms with Crippen molar-refractivity contribution in [2.24, 2.45) is 0 Å². The Kier molecular flexibility index (Phi) is 2.33. The van der Waals surface area contributed by atoms with E-state index in [9.17, 15) is 4.79 Å². The lowest BCUT2D eigenvalue weighted by Crippen LogP contribution is -2.09. The fraction of sp³-hybridized carbons (Fsp3) is 0.182. The van der Waals surface area contributed by atoms with Crippen molar-refractivity contribution in [2.75, 3.05) is 6.61 Å². The van der Waals surface area contributed by atoms with Crippen LogP contribution >= 0.6 is 0 Å². The molecular weight excluding hydrogens is 196 g/mol. The summed E-state index contributed by atoms with van der Waals surface area (Å²) < 4.78 is 10.4. The summed E-state index contributed by atoms with van der Waals surface area (Å²) in [6.45, 7) is 1.58. The second-order valence-electron chi connectivity index (χ2n) is 3.23. The molecule has 4 nitrogen and oxygen atoms in total. The van der Waals surface area contributed by atoms with E-state index in [1.165, 1.54) is 0 Å². The lowest BCUT2D eigenvalue weighted by molar-refractivity contribution is -0.139. The maximum absolute atomic E-state index is 10.4. The van der Waals surface area contributed by atoms with Crippen molar-refractivity contribution in [1.82, 2.24) is 0 Å². The molecule has 0 atom stereocenters. The standard InChI is InChI=1S/C11H10O4/c1-7-2-3-9(15-6-10(12)13)8-4-5-14-11(7)8/h2-5H,6H2,1H3,(H,12,13). The van der Waals surface area contributed by atoms with Gasteiger partial charge in [0.2, 0.25) is 0 Å². The number of benzene rings is 1. The maximum Gasteiger partial charge on any atom is 0.341 e. The third-order valence-corrected chi connectivity index (χ3v) is 2.12. The van der Waals surface area contributed by atoms with Crippen LogP contribution in [0.25, 0.3) is 11.0 Å². The number of aliphatic carboxylic acids is 1. The first-order valence-corrected chi connectivity index (χ1v) is 4.50. The highest BCUT2D eigenvalue weighted by molar-refractivity contribution is 5.86. The van der Waals surface area contributed by atoms with Crippen LogP contribution in [0.15, 0.2) is 28.9 Å². The van der Waals surface area contributed by atoms with Crippen LogP contribution in [-0.2, 0) is 4.79 Å². The molecule has 0 unspecified atom stereocenters. The van der Waals surface area contributed by atoms with Gasteiger partial charge in [-0.05, 0) is 24.6 Å². The zero-order valence-electron chi connectivity index (χ0n) is 8.19. The van der Waals surface area contributed by atoms with E-state index in [0.717, 1.165) is 16.5 Å². The topological polar surface area (TPSA) is 59.7 Å². The summed E-state index contributed by atoms with van der Waals surface area (Å²) in [6.07, 6.45) is 1.56. The van der Waals surface area contributed by atoms with Gasteiger partial charge >= 0.3 is 5.97 Å². The van der Waals surface area contributed by atoms with E-state index >= 15 is 0 Å². The van der Waals surface area contributed by atoms with E-state index in [1.807, 2.05) is 13.0 Å². The first kappa shape index (κ1) is 9.58. The fourth-order valence-corrected chi connectivity index (χ4v) is 1.44. The van der Waals surface area contributed by atoms with Crippen LogP contribution in [0.5, 0.6) is 5.75 Å². The number of carboxylic acids is 1. The number of fused-ring (bicyclic) bond motifs is 1. The van der Waals surface area contributed by atoms with Crippen molar-refractivity contribution in [1.29, 1.82) is 0 Å². The lowest BCUT2D eigenvalue weighted by atomic mass is 10.1. The minimum atomic E-state index is -0.993. The average Bonchev–Trinajstić information content (AvgIpc) is 2.66. The number of aryl methyl sites for hydroxylation is 1. The molecule has 0 aliphatic heterocycles. The van der Waals surface area contributed by atoms with Gasteiger partial charge < -0.3 is 14.3 Å². The Morgan fingerprint density at radius 1 is 1.47 bits per heavy atom. The molecule has 1 aromatic heterocycles. The van der Waals surface area contributed by atoms with E-state index in [-0.39, 0.29) is 6.61 Å². The van der Waals surface area contributed by atoms with Crippen LogP contribution in [-0.4, -0.2) is 17.7 Å². The van der Waals surface area contributed by atoms with Crippen LogP contribution in [0.4, 0.5) is 0 Å². The van der Waals surface area contributed by atoms with Crippen molar-refractivity contribution in [3.05, 3.63) is 30.0 Å². The molecule has 0 spiro atoms. The summed E-state index contributed by atoms with van der Waals surface area (Å²) >= 11 is 0. The van der Waals surface area contributed by atoms with Crippen LogP contribution in [0, 0.1) is 6.92 Å². The number of furan rings is 1. The highest BCUT2D eigenvalue weighted by Crippen LogP contribution is 2.29. The molecule has 0 saturated carbocycles. The molecule has 2 aromatic rings. The molecule has 0 radical (unpaired) electrons. The van der Waals surface area contributed by atoms with Gasteiger partial charge in [-0.1, -0.05) is 6.07 Å². The minimum Gasteiger partial charge on any atom is -0.481 e. The number of rotatable bonds is 3. The molecular formula is C11H10O4. The lowest BCUT2D eigenvalue weighted by Gasteiger charge is -2.04. The summed E-state index contributed by atoms with van der Waals surface area (Å²) in [4.78, 5) is 10.4. The Morgan fingerprint density at radius 3 is 3.00 bits per heavy atom. The van der Waals surface area contributed by atoms with Gasteiger partial charge in [0.1, 0.15) is 11.3 Å². The molecule has 0 aliphatic rings. The summed E-state index contributed by atoms with van der Waals surface area (Å²) in [5.41, 5.74) is 1.73. The number of carbonyl (C=O) groups is 1. The largest absolute Gasteiger partial charge is 0.481 e.